The van der Waals surface area contributed by atoms with Crippen LogP contribution in [-0.2, 0) is 10.0 Å². The Bertz CT molecular complexity index is 536. The van der Waals surface area contributed by atoms with Gasteiger partial charge in [-0.2, -0.15) is 11.8 Å². The number of benzene rings is 1. The molecule has 0 fully saturated rings. The smallest absolute Gasteiger partial charge is 0.243 e. The highest BCUT2D eigenvalue weighted by Crippen LogP contribution is 2.20. The van der Waals surface area contributed by atoms with Crippen LogP contribution in [0.4, 0.5) is 14.5 Å². The third kappa shape index (κ3) is 4.63. The summed E-state index contributed by atoms with van der Waals surface area (Å²) in [4.78, 5) is -0.755. The van der Waals surface area contributed by atoms with Crippen molar-refractivity contribution >= 4 is 27.5 Å². The van der Waals surface area contributed by atoms with Crippen LogP contribution >= 0.6 is 11.8 Å². The average molecular weight is 310 g/mol. The second-order valence-electron chi connectivity index (χ2n) is 3.91. The predicted octanol–water partition coefficient (Wildman–Crippen LogP) is 1.97. The van der Waals surface area contributed by atoms with Crippen LogP contribution in [0.3, 0.4) is 0 Å². The molecule has 4 nitrogen and oxygen atoms in total. The normalized spacial score (nSPS) is 11.7. The van der Waals surface area contributed by atoms with Gasteiger partial charge < -0.3 is 5.73 Å². The third-order valence-corrected chi connectivity index (χ3v) is 4.53. The first kappa shape index (κ1) is 16.2. The first-order chi connectivity index (χ1) is 8.88. The Morgan fingerprint density at radius 3 is 2.63 bits per heavy atom. The molecule has 0 amide bonds. The number of nitrogen functional groups attached to an aromatic ring is 1. The minimum Gasteiger partial charge on any atom is -0.399 e. The van der Waals surface area contributed by atoms with Crippen LogP contribution in [0.1, 0.15) is 12.8 Å². The summed E-state index contributed by atoms with van der Waals surface area (Å²) in [6, 6.07) is 1.65. The first-order valence-electron chi connectivity index (χ1n) is 5.61. The van der Waals surface area contributed by atoms with Crippen LogP contribution in [0.15, 0.2) is 17.0 Å². The summed E-state index contributed by atoms with van der Waals surface area (Å²) in [5, 5.41) is 0. The first-order valence-corrected chi connectivity index (χ1v) is 8.49. The fourth-order valence-corrected chi connectivity index (χ4v) is 3.12. The molecule has 0 saturated heterocycles. The van der Waals surface area contributed by atoms with E-state index in [0.717, 1.165) is 24.3 Å². The number of anilines is 1. The second-order valence-corrected chi connectivity index (χ2v) is 6.63. The highest BCUT2D eigenvalue weighted by molar-refractivity contribution is 7.98. The Morgan fingerprint density at radius 1 is 1.32 bits per heavy atom. The zero-order chi connectivity index (χ0) is 14.5. The van der Waals surface area contributed by atoms with Crippen LogP contribution in [-0.4, -0.2) is 27.0 Å². The molecule has 0 aliphatic rings. The maximum absolute atomic E-state index is 13.5. The topological polar surface area (TPSA) is 72.2 Å². The maximum atomic E-state index is 13.5. The van der Waals surface area contributed by atoms with E-state index in [1.165, 1.54) is 0 Å². The lowest BCUT2D eigenvalue weighted by molar-refractivity contribution is 0.483. The Kier molecular flexibility index (Phi) is 6.02. The van der Waals surface area contributed by atoms with Gasteiger partial charge in [-0.1, -0.05) is 0 Å². The van der Waals surface area contributed by atoms with Crippen molar-refractivity contribution < 1.29 is 17.2 Å². The molecule has 1 aromatic rings. The minimum absolute atomic E-state index is 0.137. The molecule has 19 heavy (non-hydrogen) atoms. The minimum atomic E-state index is -4.07. The van der Waals surface area contributed by atoms with Gasteiger partial charge in [-0.3, -0.25) is 0 Å². The van der Waals surface area contributed by atoms with E-state index in [2.05, 4.69) is 4.72 Å². The number of hydrogen-bond donors (Lipinski definition) is 2. The van der Waals surface area contributed by atoms with E-state index in [1.54, 1.807) is 11.8 Å². The Morgan fingerprint density at radius 2 is 2.00 bits per heavy atom. The van der Waals surface area contributed by atoms with Gasteiger partial charge in [0.25, 0.3) is 0 Å². The summed E-state index contributed by atoms with van der Waals surface area (Å²) in [5.41, 5.74) is 5.18. The number of sulfonamides is 1. The van der Waals surface area contributed by atoms with Crippen molar-refractivity contribution in [3.8, 4) is 0 Å². The zero-order valence-corrected chi connectivity index (χ0v) is 12.1. The molecule has 108 valence electrons. The summed E-state index contributed by atoms with van der Waals surface area (Å²) < 4.78 is 52.4. The van der Waals surface area contributed by atoms with Gasteiger partial charge in [-0.15, -0.1) is 0 Å². The predicted molar refractivity (Wildman–Crippen MR) is 73.6 cm³/mol. The molecule has 1 aromatic carbocycles. The van der Waals surface area contributed by atoms with Crippen molar-refractivity contribution in [1.82, 2.24) is 4.72 Å². The molecule has 0 radical (unpaired) electrons. The molecule has 0 spiro atoms. The van der Waals surface area contributed by atoms with Gasteiger partial charge in [0.1, 0.15) is 4.90 Å². The number of thioether (sulfide) groups is 1. The molecule has 1 rings (SSSR count). The average Bonchev–Trinajstić information content (AvgIpc) is 2.33. The van der Waals surface area contributed by atoms with Crippen LogP contribution in [0, 0.1) is 11.6 Å². The molecular weight excluding hydrogens is 294 g/mol. The van der Waals surface area contributed by atoms with Gasteiger partial charge in [0.15, 0.2) is 11.6 Å². The Hall–Kier alpha value is -0.860. The van der Waals surface area contributed by atoms with Crippen LogP contribution in [0.5, 0.6) is 0 Å². The molecule has 0 bridgehead atoms. The Labute approximate surface area is 115 Å². The standard InChI is InChI=1S/C11H16F2N2O2S2/c1-18-5-3-2-4-15-19(16,17)10-7-8(14)6-9(12)11(10)13/h6-7,15H,2-5,14H2,1H3. The summed E-state index contributed by atoms with van der Waals surface area (Å²) in [6.45, 7) is 0.179. The van der Waals surface area contributed by atoms with Gasteiger partial charge in [0.2, 0.25) is 10.0 Å². The van der Waals surface area contributed by atoms with Gasteiger partial charge in [-0.25, -0.2) is 21.9 Å². The number of unbranched alkanes of at least 4 members (excludes halogenated alkanes) is 1. The van der Waals surface area contributed by atoms with Gasteiger partial charge in [-0.05, 0) is 37.0 Å². The molecule has 0 aromatic heterocycles. The largest absolute Gasteiger partial charge is 0.399 e. The molecular formula is C11H16F2N2O2S2. The highest BCUT2D eigenvalue weighted by Gasteiger charge is 2.22. The number of halogens is 2. The van der Waals surface area contributed by atoms with E-state index in [1.807, 2.05) is 6.26 Å². The summed E-state index contributed by atoms with van der Waals surface area (Å²) in [7, 11) is -4.07. The SMILES string of the molecule is CSCCCCNS(=O)(=O)c1cc(N)cc(F)c1F. The van der Waals surface area contributed by atoms with Gasteiger partial charge in [0.05, 0.1) is 0 Å². The van der Waals surface area contributed by atoms with Crippen LogP contribution in [0.2, 0.25) is 0 Å². The van der Waals surface area contributed by atoms with Gasteiger partial charge >= 0.3 is 0 Å². The molecule has 0 saturated carbocycles. The van der Waals surface area contributed by atoms with E-state index < -0.39 is 26.6 Å². The second kappa shape index (κ2) is 7.06. The number of nitrogens with two attached hydrogens (primary N) is 1. The van der Waals surface area contributed by atoms with Crippen molar-refractivity contribution in [1.29, 1.82) is 0 Å². The third-order valence-electron chi connectivity index (χ3n) is 2.37. The monoisotopic (exact) mass is 310 g/mol. The molecule has 0 aliphatic heterocycles. The summed E-state index contributed by atoms with van der Waals surface area (Å²) in [6.07, 6.45) is 3.43. The van der Waals surface area contributed by atoms with Crippen LogP contribution < -0.4 is 10.5 Å². The van der Waals surface area contributed by atoms with E-state index in [0.29, 0.717) is 6.42 Å². The maximum Gasteiger partial charge on any atom is 0.243 e. The zero-order valence-electron chi connectivity index (χ0n) is 10.4. The Balaban J connectivity index is 2.78. The molecule has 0 aliphatic carbocycles. The molecule has 8 heteroatoms. The van der Waals surface area contributed by atoms with Crippen molar-refractivity contribution in [3.05, 3.63) is 23.8 Å². The van der Waals surface area contributed by atoms with Crippen molar-refractivity contribution in [2.24, 2.45) is 0 Å². The van der Waals surface area contributed by atoms with E-state index in [9.17, 15) is 17.2 Å². The summed E-state index contributed by atoms with van der Waals surface area (Å²) in [5.74, 6) is -1.77. The number of hydrogen-bond acceptors (Lipinski definition) is 4. The number of nitrogens with one attached hydrogen (secondary N) is 1. The van der Waals surface area contributed by atoms with Crippen molar-refractivity contribution in [3.63, 3.8) is 0 Å². The lowest BCUT2D eigenvalue weighted by Gasteiger charge is -2.08. The molecule has 3 N–H and O–H groups in total. The fraction of sp³-hybridized carbons (Fsp3) is 0.455. The van der Waals surface area contributed by atoms with Crippen molar-refractivity contribution in [2.75, 3.05) is 24.3 Å². The van der Waals surface area contributed by atoms with E-state index in [4.69, 9.17) is 5.73 Å². The van der Waals surface area contributed by atoms with Crippen molar-refractivity contribution in [2.45, 2.75) is 17.7 Å². The van der Waals surface area contributed by atoms with Crippen LogP contribution in [0.25, 0.3) is 0 Å². The highest BCUT2D eigenvalue weighted by atomic mass is 32.2. The fourth-order valence-electron chi connectivity index (χ4n) is 1.44. The molecule has 0 unspecified atom stereocenters. The number of rotatable bonds is 7. The lowest BCUT2D eigenvalue weighted by Crippen LogP contribution is -2.26. The van der Waals surface area contributed by atoms with E-state index in [-0.39, 0.29) is 12.2 Å². The van der Waals surface area contributed by atoms with E-state index >= 15 is 0 Å². The quantitative estimate of drug-likeness (QED) is 0.596. The summed E-state index contributed by atoms with van der Waals surface area (Å²) >= 11 is 1.66. The molecule has 0 atom stereocenters. The molecule has 0 heterocycles. The van der Waals surface area contributed by atoms with Gasteiger partial charge in [0, 0.05) is 12.2 Å². The lowest BCUT2D eigenvalue weighted by atomic mass is 10.3.